The van der Waals surface area contributed by atoms with E-state index in [0.29, 0.717) is 6.42 Å². The van der Waals surface area contributed by atoms with Crippen molar-refractivity contribution in [2.75, 3.05) is 19.8 Å². The zero-order valence-electron chi connectivity index (χ0n) is 40.8. The molecule has 0 bridgehead atoms. The molecule has 1 fully saturated rings. The first kappa shape index (κ1) is 59.7. The first-order valence-corrected chi connectivity index (χ1v) is 26.2. The first-order chi connectivity index (χ1) is 31.3. The molecular formula is C54H96O10. The van der Waals surface area contributed by atoms with Crippen molar-refractivity contribution in [3.8, 4) is 0 Å². The third-order valence-electron chi connectivity index (χ3n) is 12.0. The van der Waals surface area contributed by atoms with Crippen LogP contribution in [0.25, 0.3) is 0 Å². The lowest BCUT2D eigenvalue weighted by molar-refractivity contribution is -0.305. The van der Waals surface area contributed by atoms with Crippen LogP contribution in [-0.4, -0.2) is 89.0 Å². The minimum atomic E-state index is -1.60. The van der Waals surface area contributed by atoms with Crippen molar-refractivity contribution in [1.29, 1.82) is 0 Å². The second kappa shape index (κ2) is 44.5. The van der Waals surface area contributed by atoms with Gasteiger partial charge in [-0.3, -0.25) is 9.59 Å². The Bertz CT molecular complexity index is 1180. The lowest BCUT2D eigenvalue weighted by atomic mass is 9.99. The third-order valence-corrected chi connectivity index (χ3v) is 12.0. The number of rotatable bonds is 44. The number of hydrogen-bond donors (Lipinski definition) is 4. The van der Waals surface area contributed by atoms with Crippen molar-refractivity contribution in [1.82, 2.24) is 0 Å². The van der Waals surface area contributed by atoms with E-state index in [1.165, 1.54) is 122 Å². The highest BCUT2D eigenvalue weighted by atomic mass is 16.7. The van der Waals surface area contributed by atoms with Crippen molar-refractivity contribution in [3.63, 3.8) is 0 Å². The molecule has 0 radical (unpaired) electrons. The maximum absolute atomic E-state index is 12.8. The summed E-state index contributed by atoms with van der Waals surface area (Å²) in [5, 5.41) is 40.2. The summed E-state index contributed by atoms with van der Waals surface area (Å²) >= 11 is 0. The van der Waals surface area contributed by atoms with Gasteiger partial charge >= 0.3 is 11.9 Å². The number of carbonyl (C=O) groups is 2. The SMILES string of the molecule is CC/C=C\C/C=C\C/C=C\C/C=C\CCCCCCCCCCCCC(=O)OC(COC(=O)CCCCCCCCCCCCCCCCCC)COC1OC(CO)C(O)C(O)C1O. The van der Waals surface area contributed by atoms with Gasteiger partial charge < -0.3 is 39.4 Å². The molecule has 10 nitrogen and oxygen atoms in total. The standard InChI is InChI=1S/C54H96O10/c1-3-5-7-9-11-13-15-17-19-21-22-23-24-25-26-27-29-31-33-35-37-39-41-43-50(57)63-47(46-62-54-53(60)52(59)51(58)48(44-55)64-54)45-61-49(56)42-40-38-36-34-32-30-28-20-18-16-14-12-10-8-6-4-2/h5,7,11,13,17,19,22-23,47-48,51-55,58-60H,3-4,6,8-10,12,14-16,18,20-21,24-46H2,1-2H3/b7-5-,13-11-,19-17-,23-22-. The Morgan fingerprint density at radius 1 is 0.500 bits per heavy atom. The van der Waals surface area contributed by atoms with Crippen LogP contribution in [0.1, 0.15) is 226 Å². The van der Waals surface area contributed by atoms with Crippen LogP contribution >= 0.6 is 0 Å². The zero-order valence-corrected chi connectivity index (χ0v) is 40.8. The first-order valence-electron chi connectivity index (χ1n) is 26.2. The van der Waals surface area contributed by atoms with Crippen LogP contribution in [0.2, 0.25) is 0 Å². The van der Waals surface area contributed by atoms with Gasteiger partial charge in [-0.05, 0) is 51.4 Å². The number of hydrogen-bond acceptors (Lipinski definition) is 10. The quantitative estimate of drug-likeness (QED) is 0.0264. The van der Waals surface area contributed by atoms with Gasteiger partial charge in [0, 0.05) is 12.8 Å². The van der Waals surface area contributed by atoms with E-state index in [1.807, 2.05) is 0 Å². The number of aliphatic hydroxyl groups excluding tert-OH is 4. The predicted molar refractivity (Wildman–Crippen MR) is 261 cm³/mol. The number of unbranched alkanes of at least 4 members (excludes halogenated alkanes) is 25. The molecule has 64 heavy (non-hydrogen) atoms. The monoisotopic (exact) mass is 905 g/mol. The smallest absolute Gasteiger partial charge is 0.306 e. The summed E-state index contributed by atoms with van der Waals surface area (Å²) in [4.78, 5) is 25.5. The summed E-state index contributed by atoms with van der Waals surface area (Å²) in [5.41, 5.74) is 0. The average molecular weight is 905 g/mol. The van der Waals surface area contributed by atoms with Gasteiger partial charge in [-0.25, -0.2) is 0 Å². The number of allylic oxidation sites excluding steroid dienone is 8. The van der Waals surface area contributed by atoms with Gasteiger partial charge in [-0.15, -0.1) is 0 Å². The fourth-order valence-corrected chi connectivity index (χ4v) is 7.89. The number of ether oxygens (including phenoxy) is 4. The Morgan fingerprint density at radius 3 is 1.39 bits per heavy atom. The number of carbonyl (C=O) groups excluding carboxylic acids is 2. The molecule has 0 amide bonds. The Kier molecular flexibility index (Phi) is 41.5. The summed E-state index contributed by atoms with van der Waals surface area (Å²) in [5.74, 6) is -0.803. The lowest BCUT2D eigenvalue weighted by Gasteiger charge is -2.39. The van der Waals surface area contributed by atoms with Crippen LogP contribution in [-0.2, 0) is 28.5 Å². The maximum Gasteiger partial charge on any atom is 0.306 e. The van der Waals surface area contributed by atoms with Gasteiger partial charge in [0.05, 0.1) is 13.2 Å². The van der Waals surface area contributed by atoms with Crippen molar-refractivity contribution in [2.45, 2.75) is 263 Å². The molecular weight excluding hydrogens is 809 g/mol. The van der Waals surface area contributed by atoms with E-state index in [1.54, 1.807) is 0 Å². The van der Waals surface area contributed by atoms with Gasteiger partial charge in [-0.1, -0.05) is 210 Å². The van der Waals surface area contributed by atoms with Crippen molar-refractivity contribution in [3.05, 3.63) is 48.6 Å². The Labute approximate surface area is 390 Å². The Hall–Kier alpha value is -2.34. The molecule has 1 aliphatic rings. The van der Waals surface area contributed by atoms with E-state index in [2.05, 4.69) is 62.5 Å². The van der Waals surface area contributed by atoms with Gasteiger partial charge in [0.2, 0.25) is 0 Å². The molecule has 6 unspecified atom stereocenters. The molecule has 4 N–H and O–H groups in total. The van der Waals surface area contributed by atoms with Crippen LogP contribution in [0.5, 0.6) is 0 Å². The van der Waals surface area contributed by atoms with Crippen LogP contribution in [0, 0.1) is 0 Å². The van der Waals surface area contributed by atoms with Crippen LogP contribution in [0.4, 0.5) is 0 Å². The molecule has 0 aliphatic carbocycles. The van der Waals surface area contributed by atoms with Gasteiger partial charge in [0.15, 0.2) is 12.4 Å². The highest BCUT2D eigenvalue weighted by molar-refractivity contribution is 5.70. The third kappa shape index (κ3) is 34.9. The lowest BCUT2D eigenvalue weighted by Crippen LogP contribution is -2.59. The summed E-state index contributed by atoms with van der Waals surface area (Å²) in [7, 11) is 0. The number of aliphatic hydroxyl groups is 4. The van der Waals surface area contributed by atoms with Crippen molar-refractivity contribution < 1.29 is 49.0 Å². The van der Waals surface area contributed by atoms with Crippen molar-refractivity contribution >= 4 is 11.9 Å². The van der Waals surface area contributed by atoms with Gasteiger partial charge in [0.25, 0.3) is 0 Å². The second-order valence-corrected chi connectivity index (χ2v) is 18.0. The second-order valence-electron chi connectivity index (χ2n) is 18.0. The van der Waals surface area contributed by atoms with Crippen LogP contribution in [0.15, 0.2) is 48.6 Å². The summed E-state index contributed by atoms with van der Waals surface area (Å²) < 4.78 is 22.3. The predicted octanol–water partition coefficient (Wildman–Crippen LogP) is 12.4. The summed E-state index contributed by atoms with van der Waals surface area (Å²) in [6, 6.07) is 0. The molecule has 0 saturated carbocycles. The largest absolute Gasteiger partial charge is 0.462 e. The molecule has 1 saturated heterocycles. The highest BCUT2D eigenvalue weighted by Crippen LogP contribution is 2.23. The Balaban J connectivity index is 2.24. The highest BCUT2D eigenvalue weighted by Gasteiger charge is 2.44. The van der Waals surface area contributed by atoms with E-state index in [0.717, 1.165) is 70.6 Å². The van der Waals surface area contributed by atoms with E-state index in [-0.39, 0.29) is 32.0 Å². The fraction of sp³-hybridized carbons (Fsp3) is 0.815. The molecule has 0 spiro atoms. The van der Waals surface area contributed by atoms with Gasteiger partial charge in [-0.2, -0.15) is 0 Å². The average Bonchev–Trinajstić information content (AvgIpc) is 3.29. The molecule has 10 heteroatoms. The molecule has 372 valence electrons. The fourth-order valence-electron chi connectivity index (χ4n) is 7.89. The normalized spacial score (nSPS) is 19.8. The molecule has 0 aromatic rings. The number of esters is 2. The van der Waals surface area contributed by atoms with Gasteiger partial charge in [0.1, 0.15) is 31.0 Å². The van der Waals surface area contributed by atoms with Crippen LogP contribution < -0.4 is 0 Å². The molecule has 1 heterocycles. The maximum atomic E-state index is 12.8. The molecule has 1 rings (SSSR count). The molecule has 6 atom stereocenters. The molecule has 0 aromatic heterocycles. The van der Waals surface area contributed by atoms with E-state index < -0.39 is 49.4 Å². The topological polar surface area (TPSA) is 152 Å². The van der Waals surface area contributed by atoms with Crippen LogP contribution in [0.3, 0.4) is 0 Å². The zero-order chi connectivity index (χ0) is 46.6. The molecule has 1 aliphatic heterocycles. The minimum absolute atomic E-state index is 0.217. The molecule has 0 aromatic carbocycles. The van der Waals surface area contributed by atoms with Crippen molar-refractivity contribution in [2.24, 2.45) is 0 Å². The minimum Gasteiger partial charge on any atom is -0.462 e. The summed E-state index contributed by atoms with van der Waals surface area (Å²) in [6.07, 6.45) is 46.9. The Morgan fingerprint density at radius 2 is 0.922 bits per heavy atom. The van der Waals surface area contributed by atoms with E-state index >= 15 is 0 Å². The van der Waals surface area contributed by atoms with E-state index in [4.69, 9.17) is 18.9 Å². The van der Waals surface area contributed by atoms with E-state index in [9.17, 15) is 30.0 Å². The summed E-state index contributed by atoms with van der Waals surface area (Å²) in [6.45, 7) is 3.34.